The highest BCUT2D eigenvalue weighted by atomic mass is 16.4. The predicted molar refractivity (Wildman–Crippen MR) is 67.1 cm³/mol. The van der Waals surface area contributed by atoms with E-state index in [9.17, 15) is 14.7 Å². The molecule has 1 atom stereocenters. The molecule has 0 spiro atoms. The van der Waals surface area contributed by atoms with Gasteiger partial charge >= 0.3 is 5.97 Å². The summed E-state index contributed by atoms with van der Waals surface area (Å²) >= 11 is 0. The lowest BCUT2D eigenvalue weighted by Gasteiger charge is -2.32. The highest BCUT2D eigenvalue weighted by molar-refractivity contribution is 5.81. The number of hydrogen-bond donors (Lipinski definition) is 1. The number of carboxylic acid groups (broad SMARTS) is 1. The van der Waals surface area contributed by atoms with Gasteiger partial charge in [-0.2, -0.15) is 0 Å². The Labute approximate surface area is 106 Å². The van der Waals surface area contributed by atoms with Crippen molar-refractivity contribution in [1.82, 2.24) is 4.90 Å². The Hall–Kier alpha value is -1.84. The summed E-state index contributed by atoms with van der Waals surface area (Å²) in [4.78, 5) is 24.9. The van der Waals surface area contributed by atoms with Crippen LogP contribution in [-0.2, 0) is 16.1 Å². The van der Waals surface area contributed by atoms with Crippen LogP contribution in [-0.4, -0.2) is 28.4 Å². The Bertz CT molecular complexity index is 470. The number of nitrogens with zero attached hydrogens (tertiary/aromatic N) is 1. The molecule has 2 rings (SSSR count). The van der Waals surface area contributed by atoms with Gasteiger partial charge in [0.05, 0.1) is 5.92 Å². The summed E-state index contributed by atoms with van der Waals surface area (Å²) in [6, 6.07) is 7.47. The zero-order valence-electron chi connectivity index (χ0n) is 10.4. The molecule has 4 heteroatoms. The van der Waals surface area contributed by atoms with E-state index in [1.54, 1.807) is 4.90 Å². The summed E-state index contributed by atoms with van der Waals surface area (Å²) in [6.45, 7) is 2.76. The Morgan fingerprint density at radius 2 is 2.11 bits per heavy atom. The Morgan fingerprint density at radius 1 is 1.39 bits per heavy atom. The monoisotopic (exact) mass is 247 g/mol. The maximum absolute atomic E-state index is 11.9. The van der Waals surface area contributed by atoms with Crippen LogP contribution in [0.5, 0.6) is 0 Å². The summed E-state index contributed by atoms with van der Waals surface area (Å²) in [7, 11) is 0. The molecule has 4 nitrogen and oxygen atoms in total. The number of carboxylic acids is 1. The van der Waals surface area contributed by atoms with E-state index < -0.39 is 11.9 Å². The minimum Gasteiger partial charge on any atom is -0.481 e. The van der Waals surface area contributed by atoms with E-state index in [0.29, 0.717) is 13.0 Å². The third-order valence-electron chi connectivity index (χ3n) is 3.31. The van der Waals surface area contributed by atoms with Gasteiger partial charge in [0.1, 0.15) is 0 Å². The average molecular weight is 247 g/mol. The smallest absolute Gasteiger partial charge is 0.312 e. The summed E-state index contributed by atoms with van der Waals surface area (Å²) < 4.78 is 0. The zero-order chi connectivity index (χ0) is 13.1. The fraction of sp³-hybridized carbons (Fsp3) is 0.429. The summed E-state index contributed by atoms with van der Waals surface area (Å²) in [5.74, 6) is -1.43. The molecule has 1 aliphatic heterocycles. The third-order valence-corrected chi connectivity index (χ3v) is 3.31. The van der Waals surface area contributed by atoms with Gasteiger partial charge in [-0.1, -0.05) is 31.2 Å². The van der Waals surface area contributed by atoms with Crippen molar-refractivity contribution in [2.75, 3.05) is 6.54 Å². The first-order valence-corrected chi connectivity index (χ1v) is 6.22. The van der Waals surface area contributed by atoms with Gasteiger partial charge in [0.25, 0.3) is 0 Å². The van der Waals surface area contributed by atoms with Gasteiger partial charge in [0.15, 0.2) is 0 Å². The number of rotatable bonds is 3. The second-order valence-electron chi connectivity index (χ2n) is 4.61. The van der Waals surface area contributed by atoms with Crippen molar-refractivity contribution in [2.45, 2.75) is 32.2 Å². The minimum absolute atomic E-state index is 0.0400. The van der Waals surface area contributed by atoms with Crippen LogP contribution in [0.1, 0.15) is 36.8 Å². The SMILES string of the molecule is CCCC(=O)N1Cc2ccccc2C(C(=O)O)C1. The van der Waals surface area contributed by atoms with Crippen LogP contribution in [0.15, 0.2) is 24.3 Å². The number of carbonyl (C=O) groups is 2. The van der Waals surface area contributed by atoms with Crippen LogP contribution in [0.4, 0.5) is 0 Å². The molecule has 0 fully saturated rings. The third kappa shape index (κ3) is 2.37. The number of benzene rings is 1. The van der Waals surface area contributed by atoms with Crippen molar-refractivity contribution in [3.8, 4) is 0 Å². The molecule has 18 heavy (non-hydrogen) atoms. The molecule has 1 aliphatic rings. The van der Waals surface area contributed by atoms with Crippen LogP contribution in [0.3, 0.4) is 0 Å². The van der Waals surface area contributed by atoms with Crippen LogP contribution in [0, 0.1) is 0 Å². The fourth-order valence-corrected chi connectivity index (χ4v) is 2.38. The molecule has 0 aromatic heterocycles. The molecule has 1 aromatic rings. The molecular formula is C14H17NO3. The largest absolute Gasteiger partial charge is 0.481 e. The molecule has 0 aliphatic carbocycles. The minimum atomic E-state index is -0.864. The van der Waals surface area contributed by atoms with Gasteiger partial charge in [0, 0.05) is 19.5 Å². The standard InChI is InChI=1S/C14H17NO3/c1-2-5-13(16)15-8-10-6-3-4-7-11(10)12(9-15)14(17)18/h3-4,6-7,12H,2,5,8-9H2,1H3,(H,17,18). The Balaban J connectivity index is 2.28. The van der Waals surface area contributed by atoms with E-state index in [0.717, 1.165) is 17.5 Å². The first-order chi connectivity index (χ1) is 8.63. The summed E-state index contributed by atoms with van der Waals surface area (Å²) in [6.07, 6.45) is 1.27. The lowest BCUT2D eigenvalue weighted by molar-refractivity contribution is -0.141. The number of hydrogen-bond acceptors (Lipinski definition) is 2. The molecule has 1 amide bonds. The van der Waals surface area contributed by atoms with Crippen molar-refractivity contribution >= 4 is 11.9 Å². The number of carbonyl (C=O) groups excluding carboxylic acids is 1. The summed E-state index contributed by atoms with van der Waals surface area (Å²) in [5, 5.41) is 9.28. The molecule has 0 saturated carbocycles. The van der Waals surface area contributed by atoms with E-state index in [1.807, 2.05) is 31.2 Å². The molecule has 0 saturated heterocycles. The van der Waals surface area contributed by atoms with E-state index in [4.69, 9.17) is 0 Å². The molecule has 1 N–H and O–H groups in total. The van der Waals surface area contributed by atoms with Gasteiger partial charge in [0.2, 0.25) is 5.91 Å². The number of aliphatic carboxylic acids is 1. The zero-order valence-corrected chi connectivity index (χ0v) is 10.4. The lowest BCUT2D eigenvalue weighted by Crippen LogP contribution is -2.40. The van der Waals surface area contributed by atoms with Crippen molar-refractivity contribution in [3.63, 3.8) is 0 Å². The maximum Gasteiger partial charge on any atom is 0.312 e. The number of amides is 1. The van der Waals surface area contributed by atoms with Crippen molar-refractivity contribution in [1.29, 1.82) is 0 Å². The van der Waals surface area contributed by atoms with Crippen LogP contribution in [0.2, 0.25) is 0 Å². The maximum atomic E-state index is 11.9. The lowest BCUT2D eigenvalue weighted by atomic mass is 9.89. The van der Waals surface area contributed by atoms with E-state index in [1.165, 1.54) is 0 Å². The molecule has 0 bridgehead atoms. The molecular weight excluding hydrogens is 230 g/mol. The highest BCUT2D eigenvalue weighted by Gasteiger charge is 2.31. The quantitative estimate of drug-likeness (QED) is 0.888. The van der Waals surface area contributed by atoms with E-state index in [-0.39, 0.29) is 12.5 Å². The summed E-state index contributed by atoms with van der Waals surface area (Å²) in [5.41, 5.74) is 1.78. The topological polar surface area (TPSA) is 57.6 Å². The second kappa shape index (κ2) is 5.21. The van der Waals surface area contributed by atoms with Crippen LogP contribution < -0.4 is 0 Å². The molecule has 1 unspecified atom stereocenters. The molecule has 0 radical (unpaired) electrons. The Kier molecular flexibility index (Phi) is 3.65. The van der Waals surface area contributed by atoms with Gasteiger partial charge in [-0.25, -0.2) is 0 Å². The first-order valence-electron chi connectivity index (χ1n) is 6.22. The molecule has 96 valence electrons. The fourth-order valence-electron chi connectivity index (χ4n) is 2.38. The van der Waals surface area contributed by atoms with Gasteiger partial charge in [-0.3, -0.25) is 9.59 Å². The van der Waals surface area contributed by atoms with Crippen molar-refractivity contribution in [3.05, 3.63) is 35.4 Å². The van der Waals surface area contributed by atoms with Crippen LogP contribution in [0.25, 0.3) is 0 Å². The van der Waals surface area contributed by atoms with Gasteiger partial charge in [-0.15, -0.1) is 0 Å². The van der Waals surface area contributed by atoms with Crippen LogP contribution >= 0.6 is 0 Å². The molecule has 1 heterocycles. The van der Waals surface area contributed by atoms with Crippen molar-refractivity contribution in [2.24, 2.45) is 0 Å². The van der Waals surface area contributed by atoms with E-state index in [2.05, 4.69) is 0 Å². The van der Waals surface area contributed by atoms with Gasteiger partial charge in [-0.05, 0) is 17.5 Å². The normalized spacial score (nSPS) is 18.3. The second-order valence-corrected chi connectivity index (χ2v) is 4.61. The number of fused-ring (bicyclic) bond motifs is 1. The Morgan fingerprint density at radius 3 is 2.78 bits per heavy atom. The molecule has 1 aromatic carbocycles. The van der Waals surface area contributed by atoms with E-state index >= 15 is 0 Å². The first kappa shape index (κ1) is 12.6. The predicted octanol–water partition coefficient (Wildman–Crippen LogP) is 2.00. The van der Waals surface area contributed by atoms with Crippen molar-refractivity contribution < 1.29 is 14.7 Å². The van der Waals surface area contributed by atoms with Gasteiger partial charge < -0.3 is 10.0 Å². The average Bonchev–Trinajstić information content (AvgIpc) is 2.37. The highest BCUT2D eigenvalue weighted by Crippen LogP contribution is 2.28.